The molecule has 1 unspecified atom stereocenters. The van der Waals surface area contributed by atoms with E-state index in [1.54, 1.807) is 25.1 Å². The fourth-order valence-corrected chi connectivity index (χ4v) is 8.88. The third-order valence-corrected chi connectivity index (χ3v) is 11.2. The Labute approximate surface area is 261 Å². The molecular weight excluding hydrogens is 574 g/mol. The van der Waals surface area contributed by atoms with Gasteiger partial charge in [-0.1, -0.05) is 24.3 Å². The van der Waals surface area contributed by atoms with Gasteiger partial charge >= 0.3 is 213 Å². The van der Waals surface area contributed by atoms with Crippen molar-refractivity contribution in [1.29, 1.82) is 0 Å². The SMILES string of the molecule is B=C1C(C(N)=O)=C(O)[C@@H](N(C)C)[C@@H]2C[C@@H]3Cc4c(c(O)cc(CNC5Cc6ccccc6C5)c4N(C)C)C(=O)C3=C(O)[C@]12P. The molecule has 11 heteroatoms. The number of benzene rings is 2. The zero-order valence-corrected chi connectivity index (χ0v) is 26.8. The Morgan fingerprint density at radius 2 is 1.75 bits per heavy atom. The number of fused-ring (bicyclic) bond motifs is 4. The van der Waals surface area contributed by atoms with Crippen molar-refractivity contribution in [3.63, 3.8) is 0 Å². The van der Waals surface area contributed by atoms with Gasteiger partial charge in [-0.15, -0.1) is 0 Å². The van der Waals surface area contributed by atoms with Gasteiger partial charge in [0.15, 0.2) is 0 Å². The number of nitrogens with one attached hydrogen (secondary N) is 1. The number of carbonyl (C=O) groups is 2. The summed E-state index contributed by atoms with van der Waals surface area (Å²) in [6.07, 6.45) is 2.73. The number of nitrogens with two attached hydrogens (primary N) is 1. The number of carbonyl (C=O) groups excluding carboxylic acids is 2. The van der Waals surface area contributed by atoms with Gasteiger partial charge in [-0.25, -0.2) is 0 Å². The van der Waals surface area contributed by atoms with Crippen molar-refractivity contribution in [1.82, 2.24) is 10.2 Å². The van der Waals surface area contributed by atoms with E-state index in [0.29, 0.717) is 19.4 Å². The molecule has 230 valence electrons. The molecule has 2 aromatic rings. The molecular formula is C33H40BN4O5P. The number of likely N-dealkylation sites (N-methyl/N-ethyl adjacent to an activating group) is 1. The van der Waals surface area contributed by atoms with E-state index in [4.69, 9.17) is 5.73 Å². The summed E-state index contributed by atoms with van der Waals surface area (Å²) in [6, 6.07) is 9.75. The second kappa shape index (κ2) is 10.9. The van der Waals surface area contributed by atoms with Crippen LogP contribution in [0, 0.1) is 11.8 Å². The summed E-state index contributed by atoms with van der Waals surface area (Å²) in [5.41, 5.74) is 11.3. The van der Waals surface area contributed by atoms with Crippen molar-refractivity contribution >= 4 is 39.6 Å². The molecule has 6 N–H and O–H groups in total. The van der Waals surface area contributed by atoms with Gasteiger partial charge in [0.25, 0.3) is 0 Å². The van der Waals surface area contributed by atoms with E-state index in [1.807, 2.05) is 19.0 Å². The first-order valence-corrected chi connectivity index (χ1v) is 15.6. The Balaban J connectivity index is 1.41. The molecule has 4 aliphatic rings. The number of Topliss-reactive ketones (excluding diaryl/α,β-unsaturated/α-hetero) is 1. The number of primary amides is 1. The molecule has 0 aliphatic heterocycles. The number of amides is 1. The van der Waals surface area contributed by atoms with Gasteiger partial charge in [0.2, 0.25) is 0 Å². The fraction of sp³-hybridized carbons (Fsp3) is 0.424. The number of allylic oxidation sites excluding steroid dienone is 2. The molecule has 0 aromatic heterocycles. The van der Waals surface area contributed by atoms with E-state index in [1.165, 1.54) is 11.1 Å². The van der Waals surface area contributed by atoms with Crippen molar-refractivity contribution in [2.24, 2.45) is 17.6 Å². The third-order valence-electron chi connectivity index (χ3n) is 10.2. The van der Waals surface area contributed by atoms with Crippen LogP contribution in [-0.2, 0) is 30.6 Å². The molecule has 0 saturated heterocycles. The standard InChI is InChI=1S/C33H40BN4O5P/c1-37(2)26-18(14-36-19-9-15-7-5-6-8-16(15)10-19)13-22(39)24-20(26)11-17-12-21-27(38(3)4)29(41)25(32(35)43)30(34)33(21,44)31(42)23(17)28(24)40/h5-8,13,17,19,21,27,34,36,39,41-42H,9-12,14,44H2,1-4H3,(H2,35,43)/t17-,21-,27-,33+/m0/s1. The van der Waals surface area contributed by atoms with Crippen LogP contribution in [-0.4, -0.2) is 90.3 Å². The first kappa shape index (κ1) is 30.6. The van der Waals surface area contributed by atoms with Gasteiger partial charge in [0.1, 0.15) is 0 Å². The molecule has 0 bridgehead atoms. The molecule has 2 aromatic carbocycles. The second-order valence-electron chi connectivity index (χ2n) is 13.1. The van der Waals surface area contributed by atoms with Crippen molar-refractivity contribution in [3.8, 4) is 5.75 Å². The van der Waals surface area contributed by atoms with Crippen LogP contribution in [0.4, 0.5) is 5.69 Å². The van der Waals surface area contributed by atoms with Crippen molar-refractivity contribution in [2.75, 3.05) is 33.1 Å². The van der Waals surface area contributed by atoms with Crippen LogP contribution in [0.5, 0.6) is 5.75 Å². The van der Waals surface area contributed by atoms with E-state index >= 15 is 0 Å². The Kier molecular flexibility index (Phi) is 7.55. The summed E-state index contributed by atoms with van der Waals surface area (Å²) in [5, 5.41) is 36.9. The zero-order valence-electron chi connectivity index (χ0n) is 25.6. The van der Waals surface area contributed by atoms with Crippen molar-refractivity contribution in [2.45, 2.75) is 49.5 Å². The number of hydrogen-bond acceptors (Lipinski definition) is 8. The van der Waals surface area contributed by atoms with Gasteiger partial charge in [-0.3, -0.25) is 0 Å². The summed E-state index contributed by atoms with van der Waals surface area (Å²) in [4.78, 5) is 30.5. The van der Waals surface area contributed by atoms with Crippen molar-refractivity contribution < 1.29 is 24.9 Å². The Hall–Kier alpha value is -3.46. The van der Waals surface area contributed by atoms with Crippen LogP contribution < -0.4 is 16.0 Å². The first-order chi connectivity index (χ1) is 20.8. The molecule has 9 nitrogen and oxygen atoms in total. The Morgan fingerprint density at radius 1 is 1.11 bits per heavy atom. The molecule has 0 fully saturated rings. The molecule has 4 aliphatic carbocycles. The average Bonchev–Trinajstić information content (AvgIpc) is 3.36. The maximum absolute atomic E-state index is 14.3. The van der Waals surface area contributed by atoms with Crippen LogP contribution in [0.1, 0.15) is 39.0 Å². The number of anilines is 1. The zero-order chi connectivity index (χ0) is 31.8. The van der Waals surface area contributed by atoms with E-state index in [0.717, 1.165) is 29.7 Å². The van der Waals surface area contributed by atoms with E-state index in [2.05, 4.69) is 46.3 Å². The average molecular weight is 614 g/mol. The minimum absolute atomic E-state index is 0.121. The monoisotopic (exact) mass is 614 g/mol. The Bertz CT molecular complexity index is 1660. The van der Waals surface area contributed by atoms with Crippen LogP contribution in [0.25, 0.3) is 0 Å². The third kappa shape index (κ3) is 4.45. The topological polar surface area (TPSA) is 139 Å². The molecule has 44 heavy (non-hydrogen) atoms. The molecule has 0 heterocycles. The maximum atomic E-state index is 14.3. The van der Waals surface area contributed by atoms with Crippen LogP contribution in [0.3, 0.4) is 0 Å². The Morgan fingerprint density at radius 3 is 2.32 bits per heavy atom. The van der Waals surface area contributed by atoms with E-state index in [-0.39, 0.29) is 51.4 Å². The van der Waals surface area contributed by atoms with Gasteiger partial charge in [-0.05, 0) is 24.0 Å². The molecule has 1 amide bonds. The molecule has 0 spiro atoms. The number of ketones is 1. The van der Waals surface area contributed by atoms with Gasteiger partial charge in [-0.2, -0.15) is 0 Å². The number of phenols is 1. The summed E-state index contributed by atoms with van der Waals surface area (Å²) < 4.78 is 0. The van der Waals surface area contributed by atoms with Gasteiger partial charge in [0.05, 0.1) is 0 Å². The first-order valence-electron chi connectivity index (χ1n) is 15.0. The number of phenolic OH excluding ortho intramolecular Hbond substituents is 1. The fourth-order valence-electron chi connectivity index (χ4n) is 8.26. The summed E-state index contributed by atoms with van der Waals surface area (Å²) in [6.45, 7) is 0.522. The number of nitrogens with zero attached hydrogens (tertiary/aromatic N) is 2. The molecule has 6 rings (SSSR count). The molecule has 0 radical (unpaired) electrons. The predicted octanol–water partition coefficient (Wildman–Crippen LogP) is 1.83. The summed E-state index contributed by atoms with van der Waals surface area (Å²) >= 11 is 0. The number of rotatable bonds is 6. The van der Waals surface area contributed by atoms with Gasteiger partial charge < -0.3 is 0 Å². The summed E-state index contributed by atoms with van der Waals surface area (Å²) in [5.74, 6) is -2.60. The molecule has 5 atom stereocenters. The normalized spacial score (nSPS) is 26.4. The second-order valence-corrected chi connectivity index (χ2v) is 14.0. The van der Waals surface area contributed by atoms with E-state index < -0.39 is 28.8 Å². The van der Waals surface area contributed by atoms with Gasteiger partial charge in [0, 0.05) is 0 Å². The quantitative estimate of drug-likeness (QED) is 0.246. The summed E-state index contributed by atoms with van der Waals surface area (Å²) in [7, 11) is 14.2. The number of aliphatic hydroxyl groups excluding tert-OH is 2. The van der Waals surface area contributed by atoms with E-state index in [9.17, 15) is 24.9 Å². The minimum atomic E-state index is -1.30. The van der Waals surface area contributed by atoms with Crippen molar-refractivity contribution in [3.05, 3.63) is 80.8 Å². The number of aromatic hydroxyl groups is 1. The molecule has 0 saturated carbocycles. The van der Waals surface area contributed by atoms with Crippen LogP contribution in [0.2, 0.25) is 0 Å². The number of aliphatic hydroxyl groups is 2. The number of hydrogen-bond donors (Lipinski definition) is 5. The predicted molar refractivity (Wildman–Crippen MR) is 177 cm³/mol. The van der Waals surface area contributed by atoms with Crippen LogP contribution >= 0.6 is 9.24 Å². The van der Waals surface area contributed by atoms with Crippen LogP contribution in [0.15, 0.2) is 53.0 Å².